The fourth-order valence-electron chi connectivity index (χ4n) is 3.52. The van der Waals surface area contributed by atoms with Crippen LogP contribution in [0, 0.1) is 0 Å². The molecule has 2 aromatic carbocycles. The van der Waals surface area contributed by atoms with Crippen LogP contribution in [0.15, 0.2) is 60.0 Å². The molecule has 0 atom stereocenters. The van der Waals surface area contributed by atoms with E-state index in [9.17, 15) is 4.79 Å². The van der Waals surface area contributed by atoms with Crippen molar-refractivity contribution in [3.63, 3.8) is 0 Å². The number of benzene rings is 2. The topological polar surface area (TPSA) is 67.4 Å². The van der Waals surface area contributed by atoms with E-state index in [1.807, 2.05) is 49.5 Å². The third kappa shape index (κ3) is 4.42. The zero-order valence-corrected chi connectivity index (χ0v) is 18.6. The number of fused-ring (bicyclic) bond motifs is 1. The van der Waals surface area contributed by atoms with Crippen LogP contribution in [0.1, 0.15) is 21.7 Å². The minimum atomic E-state index is -0.0904. The molecule has 1 N–H and O–H groups in total. The lowest BCUT2D eigenvalue weighted by Crippen LogP contribution is -2.20. The van der Waals surface area contributed by atoms with Crippen LogP contribution >= 0.6 is 11.3 Å². The maximum absolute atomic E-state index is 11.8. The first-order valence-corrected chi connectivity index (χ1v) is 10.8. The second-order valence-corrected chi connectivity index (χ2v) is 8.08. The summed E-state index contributed by atoms with van der Waals surface area (Å²) in [5, 5.41) is 5.83. The van der Waals surface area contributed by atoms with Crippen molar-refractivity contribution in [1.82, 2.24) is 15.3 Å². The normalized spacial score (nSPS) is 10.9. The van der Waals surface area contributed by atoms with Crippen LogP contribution in [0.25, 0.3) is 21.3 Å². The van der Waals surface area contributed by atoms with Gasteiger partial charge >= 0.3 is 0 Å². The van der Waals surface area contributed by atoms with E-state index >= 15 is 0 Å². The SMILES string of the molecule is CNC(=O)c1ccc(CN(C)c2nc(COC)nc3scc(-c4ccccc4)c23)cc1. The van der Waals surface area contributed by atoms with Crippen LogP contribution in [0.4, 0.5) is 5.82 Å². The average molecular weight is 433 g/mol. The Hall–Kier alpha value is -3.29. The molecule has 0 aliphatic rings. The first-order valence-electron chi connectivity index (χ1n) is 9.95. The molecule has 7 heteroatoms. The molecule has 31 heavy (non-hydrogen) atoms. The van der Waals surface area contributed by atoms with Gasteiger partial charge in [0, 0.05) is 44.3 Å². The van der Waals surface area contributed by atoms with Gasteiger partial charge in [-0.15, -0.1) is 11.3 Å². The number of methoxy groups -OCH3 is 1. The predicted molar refractivity (Wildman–Crippen MR) is 126 cm³/mol. The van der Waals surface area contributed by atoms with Crippen molar-refractivity contribution < 1.29 is 9.53 Å². The molecule has 0 bridgehead atoms. The summed E-state index contributed by atoms with van der Waals surface area (Å²) in [5.41, 5.74) is 4.00. The highest BCUT2D eigenvalue weighted by Gasteiger charge is 2.18. The molecular formula is C24H24N4O2S. The van der Waals surface area contributed by atoms with Crippen molar-refractivity contribution in [3.05, 3.63) is 76.9 Å². The van der Waals surface area contributed by atoms with Gasteiger partial charge < -0.3 is 15.0 Å². The Kier molecular flexibility index (Phi) is 6.25. The molecule has 0 saturated carbocycles. The highest BCUT2D eigenvalue weighted by atomic mass is 32.1. The number of thiophene rings is 1. The Morgan fingerprint density at radius 2 is 1.84 bits per heavy atom. The molecule has 1 amide bonds. The van der Waals surface area contributed by atoms with Crippen LogP contribution in [0.3, 0.4) is 0 Å². The van der Waals surface area contributed by atoms with Gasteiger partial charge in [-0.05, 0) is 23.3 Å². The van der Waals surface area contributed by atoms with Gasteiger partial charge in [-0.1, -0.05) is 42.5 Å². The van der Waals surface area contributed by atoms with Gasteiger partial charge in [0.25, 0.3) is 5.91 Å². The van der Waals surface area contributed by atoms with E-state index in [4.69, 9.17) is 14.7 Å². The number of carbonyl (C=O) groups is 1. The number of rotatable bonds is 7. The minimum Gasteiger partial charge on any atom is -0.377 e. The van der Waals surface area contributed by atoms with Crippen molar-refractivity contribution in [3.8, 4) is 11.1 Å². The number of nitrogens with one attached hydrogen (secondary N) is 1. The third-order valence-electron chi connectivity index (χ3n) is 5.04. The molecule has 6 nitrogen and oxygen atoms in total. The highest BCUT2D eigenvalue weighted by Crippen LogP contribution is 2.38. The lowest BCUT2D eigenvalue weighted by molar-refractivity contribution is 0.0963. The lowest BCUT2D eigenvalue weighted by Gasteiger charge is -2.21. The second kappa shape index (κ2) is 9.24. The van der Waals surface area contributed by atoms with Gasteiger partial charge in [0.15, 0.2) is 5.82 Å². The zero-order chi connectivity index (χ0) is 21.8. The zero-order valence-electron chi connectivity index (χ0n) is 17.8. The van der Waals surface area contributed by atoms with Crippen molar-refractivity contribution >= 4 is 33.3 Å². The van der Waals surface area contributed by atoms with Gasteiger partial charge in [-0.2, -0.15) is 0 Å². The Balaban J connectivity index is 1.73. The second-order valence-electron chi connectivity index (χ2n) is 7.22. The van der Waals surface area contributed by atoms with Gasteiger partial charge in [0.2, 0.25) is 0 Å². The Bertz CT molecular complexity index is 1190. The third-order valence-corrected chi connectivity index (χ3v) is 5.92. The molecule has 0 saturated heterocycles. The number of hydrogen-bond donors (Lipinski definition) is 1. The molecule has 0 unspecified atom stereocenters. The number of amides is 1. The highest BCUT2D eigenvalue weighted by molar-refractivity contribution is 7.17. The first-order chi connectivity index (χ1) is 15.1. The predicted octanol–water partition coefficient (Wildman–Crippen LogP) is 4.50. The van der Waals surface area contributed by atoms with E-state index in [0.29, 0.717) is 24.5 Å². The number of aromatic nitrogens is 2. The number of anilines is 1. The molecule has 158 valence electrons. The Morgan fingerprint density at radius 3 is 2.52 bits per heavy atom. The van der Waals surface area contributed by atoms with E-state index in [1.54, 1.807) is 25.5 Å². The maximum Gasteiger partial charge on any atom is 0.251 e. The van der Waals surface area contributed by atoms with Gasteiger partial charge in [0.1, 0.15) is 17.3 Å². The van der Waals surface area contributed by atoms with Gasteiger partial charge in [0.05, 0.1) is 5.39 Å². The van der Waals surface area contributed by atoms with Crippen LogP contribution in [-0.2, 0) is 17.9 Å². The van der Waals surface area contributed by atoms with E-state index < -0.39 is 0 Å². The summed E-state index contributed by atoms with van der Waals surface area (Å²) in [6, 6.07) is 17.9. The van der Waals surface area contributed by atoms with Gasteiger partial charge in [-0.3, -0.25) is 4.79 Å². The molecule has 0 fully saturated rings. The number of nitrogens with zero attached hydrogens (tertiary/aromatic N) is 3. The molecular weight excluding hydrogens is 408 g/mol. The van der Waals surface area contributed by atoms with Crippen molar-refractivity contribution in [2.45, 2.75) is 13.2 Å². The van der Waals surface area contributed by atoms with Gasteiger partial charge in [-0.25, -0.2) is 9.97 Å². The molecule has 0 spiro atoms. The summed E-state index contributed by atoms with van der Waals surface area (Å²) in [6.07, 6.45) is 0. The number of hydrogen-bond acceptors (Lipinski definition) is 6. The molecule has 4 rings (SSSR count). The first kappa shape index (κ1) is 21.0. The lowest BCUT2D eigenvalue weighted by atomic mass is 10.1. The van der Waals surface area contributed by atoms with E-state index in [1.165, 1.54) is 0 Å². The summed E-state index contributed by atoms with van der Waals surface area (Å²) in [5.74, 6) is 1.44. The largest absolute Gasteiger partial charge is 0.377 e. The number of carbonyl (C=O) groups excluding carboxylic acids is 1. The van der Waals surface area contributed by atoms with E-state index in [2.05, 4.69) is 27.7 Å². The average Bonchev–Trinajstić information content (AvgIpc) is 3.23. The summed E-state index contributed by atoms with van der Waals surface area (Å²) < 4.78 is 5.29. The van der Waals surface area contributed by atoms with Crippen LogP contribution in [0.2, 0.25) is 0 Å². The molecule has 0 radical (unpaired) electrons. The van der Waals surface area contributed by atoms with E-state index in [0.717, 1.165) is 32.7 Å². The maximum atomic E-state index is 11.8. The smallest absolute Gasteiger partial charge is 0.251 e. The van der Waals surface area contributed by atoms with Crippen LogP contribution in [0.5, 0.6) is 0 Å². The minimum absolute atomic E-state index is 0.0904. The molecule has 2 heterocycles. The summed E-state index contributed by atoms with van der Waals surface area (Å²) in [7, 11) is 5.30. The van der Waals surface area contributed by atoms with E-state index in [-0.39, 0.29) is 5.91 Å². The standard InChI is InChI=1S/C24H24N4O2S/c1-25-23(29)18-11-9-16(10-12-18)13-28(2)22-21-19(17-7-5-4-6-8-17)15-31-24(21)27-20(26-22)14-30-3/h4-12,15H,13-14H2,1-3H3,(H,25,29). The summed E-state index contributed by atoms with van der Waals surface area (Å²) >= 11 is 1.62. The summed E-state index contributed by atoms with van der Waals surface area (Å²) in [6.45, 7) is 1.01. The van der Waals surface area contributed by atoms with Crippen LogP contribution in [-0.4, -0.2) is 37.1 Å². The fraction of sp³-hybridized carbons (Fsp3) is 0.208. The van der Waals surface area contributed by atoms with Crippen molar-refractivity contribution in [2.24, 2.45) is 0 Å². The Labute approximate surface area is 185 Å². The van der Waals surface area contributed by atoms with Crippen LogP contribution < -0.4 is 10.2 Å². The summed E-state index contributed by atoms with van der Waals surface area (Å²) in [4.78, 5) is 24.4. The van der Waals surface area contributed by atoms with Crippen molar-refractivity contribution in [2.75, 3.05) is 26.1 Å². The monoisotopic (exact) mass is 432 g/mol. The molecule has 0 aliphatic carbocycles. The molecule has 0 aliphatic heterocycles. The Morgan fingerprint density at radius 1 is 1.10 bits per heavy atom. The number of ether oxygens (including phenoxy) is 1. The quantitative estimate of drug-likeness (QED) is 0.466. The fourth-order valence-corrected chi connectivity index (χ4v) is 4.48. The molecule has 2 aromatic heterocycles. The van der Waals surface area contributed by atoms with Crippen molar-refractivity contribution in [1.29, 1.82) is 0 Å². The molecule has 4 aromatic rings.